The van der Waals surface area contributed by atoms with Gasteiger partial charge in [-0.15, -0.1) is 0 Å². The van der Waals surface area contributed by atoms with Crippen molar-refractivity contribution in [1.29, 1.82) is 0 Å². The van der Waals surface area contributed by atoms with Gasteiger partial charge in [0.2, 0.25) is 15.9 Å². The zero-order valence-corrected chi connectivity index (χ0v) is 16.8. The Morgan fingerprint density at radius 2 is 2.19 bits per heavy atom. The maximum atomic E-state index is 12.6. The summed E-state index contributed by atoms with van der Waals surface area (Å²) in [7, 11) is -2.37. The summed E-state index contributed by atoms with van der Waals surface area (Å²) in [5.74, 6) is 1.36. The zero-order chi connectivity index (χ0) is 19.8. The van der Waals surface area contributed by atoms with Gasteiger partial charge in [-0.3, -0.25) is 9.78 Å². The Morgan fingerprint density at radius 3 is 2.85 bits per heavy atom. The van der Waals surface area contributed by atoms with E-state index >= 15 is 0 Å². The fourth-order valence-corrected chi connectivity index (χ4v) is 4.61. The molecule has 1 N–H and O–H groups in total. The molecule has 0 spiro atoms. The number of fused-ring (bicyclic) bond motifs is 1. The van der Waals surface area contributed by atoms with Crippen LogP contribution in [-0.2, 0) is 21.2 Å². The number of likely N-dealkylation sites (N-methyl/N-ethyl adjacent to an activating group) is 1. The monoisotopic (exact) mass is 391 g/mol. The number of pyridine rings is 1. The molecule has 8 heteroatoms. The summed E-state index contributed by atoms with van der Waals surface area (Å²) >= 11 is 0. The van der Waals surface area contributed by atoms with Crippen LogP contribution < -0.4 is 5.32 Å². The summed E-state index contributed by atoms with van der Waals surface area (Å²) < 4.78 is 31.9. The number of aromatic nitrogens is 1. The maximum absolute atomic E-state index is 12.6. The first-order valence-corrected chi connectivity index (χ1v) is 10.3. The SMILES string of the molecule is Cc1cc2c(o1)CC(C)(C)CC2NC(=O)CN(C)S(=O)(=O)c1cccnc1. The average molecular weight is 391 g/mol. The van der Waals surface area contributed by atoms with Crippen molar-refractivity contribution >= 4 is 15.9 Å². The lowest BCUT2D eigenvalue weighted by atomic mass is 9.74. The van der Waals surface area contributed by atoms with Crippen LogP contribution in [0.4, 0.5) is 0 Å². The van der Waals surface area contributed by atoms with Crippen LogP contribution in [0, 0.1) is 12.3 Å². The van der Waals surface area contributed by atoms with Crippen molar-refractivity contribution in [3.63, 3.8) is 0 Å². The molecule has 2 aromatic heterocycles. The second-order valence-electron chi connectivity index (χ2n) is 7.85. The maximum Gasteiger partial charge on any atom is 0.244 e. The largest absolute Gasteiger partial charge is 0.466 e. The number of sulfonamides is 1. The van der Waals surface area contributed by atoms with E-state index in [9.17, 15) is 13.2 Å². The Kier molecular flexibility index (Phi) is 5.14. The molecule has 0 aromatic carbocycles. The van der Waals surface area contributed by atoms with E-state index in [-0.39, 0.29) is 28.8 Å². The number of carbonyl (C=O) groups excluding carboxylic acids is 1. The number of hydrogen-bond acceptors (Lipinski definition) is 5. The van der Waals surface area contributed by atoms with E-state index in [1.165, 1.54) is 25.5 Å². The summed E-state index contributed by atoms with van der Waals surface area (Å²) in [6.45, 7) is 5.89. The summed E-state index contributed by atoms with van der Waals surface area (Å²) in [6, 6.07) is 4.77. The minimum absolute atomic E-state index is 0.0110. The summed E-state index contributed by atoms with van der Waals surface area (Å²) in [5.41, 5.74) is 0.973. The van der Waals surface area contributed by atoms with Crippen molar-refractivity contribution in [3.8, 4) is 0 Å². The summed E-state index contributed by atoms with van der Waals surface area (Å²) in [6.07, 6.45) is 4.36. The molecule has 3 rings (SSSR count). The third kappa shape index (κ3) is 4.22. The van der Waals surface area contributed by atoms with Crippen LogP contribution >= 0.6 is 0 Å². The number of furan rings is 1. The van der Waals surface area contributed by atoms with Gasteiger partial charge in [-0.1, -0.05) is 13.8 Å². The third-order valence-electron chi connectivity index (χ3n) is 4.78. The molecule has 1 unspecified atom stereocenters. The third-order valence-corrected chi connectivity index (χ3v) is 6.57. The van der Waals surface area contributed by atoms with Crippen LogP contribution in [0.3, 0.4) is 0 Å². The first-order valence-electron chi connectivity index (χ1n) is 8.83. The molecule has 7 nitrogen and oxygen atoms in total. The van der Waals surface area contributed by atoms with Gasteiger partial charge >= 0.3 is 0 Å². The molecule has 0 fully saturated rings. The second kappa shape index (κ2) is 7.09. The number of carbonyl (C=O) groups is 1. The molecule has 1 aliphatic rings. The van der Waals surface area contributed by atoms with E-state index < -0.39 is 10.0 Å². The van der Waals surface area contributed by atoms with Crippen LogP contribution in [0.25, 0.3) is 0 Å². The topological polar surface area (TPSA) is 92.5 Å². The highest BCUT2D eigenvalue weighted by atomic mass is 32.2. The van der Waals surface area contributed by atoms with Crippen molar-refractivity contribution in [2.75, 3.05) is 13.6 Å². The van der Waals surface area contributed by atoms with Gasteiger partial charge in [-0.25, -0.2) is 8.42 Å². The molecular formula is C19H25N3O4S. The lowest BCUT2D eigenvalue weighted by molar-refractivity contribution is -0.122. The van der Waals surface area contributed by atoms with Crippen molar-refractivity contribution in [3.05, 3.63) is 47.7 Å². The van der Waals surface area contributed by atoms with E-state index in [4.69, 9.17) is 4.42 Å². The van der Waals surface area contributed by atoms with Crippen LogP contribution in [0.1, 0.15) is 43.4 Å². The number of nitrogens with one attached hydrogen (secondary N) is 1. The Morgan fingerprint density at radius 1 is 1.44 bits per heavy atom. The molecule has 0 saturated carbocycles. The standard InChI is InChI=1S/C19H25N3O4S/c1-13-8-15-16(9-19(2,3)10-17(15)26-13)21-18(23)12-22(4)27(24,25)14-6-5-7-20-11-14/h5-8,11,16H,9-10,12H2,1-4H3,(H,21,23). The average Bonchev–Trinajstić information content (AvgIpc) is 2.94. The van der Waals surface area contributed by atoms with Crippen molar-refractivity contribution in [1.82, 2.24) is 14.6 Å². The lowest BCUT2D eigenvalue weighted by Gasteiger charge is -2.35. The first kappa shape index (κ1) is 19.6. The van der Waals surface area contributed by atoms with Gasteiger partial charge in [-0.2, -0.15) is 4.31 Å². The molecule has 0 bridgehead atoms. The van der Waals surface area contributed by atoms with Crippen LogP contribution in [0.5, 0.6) is 0 Å². The number of rotatable bonds is 5. The van der Waals surface area contributed by atoms with E-state index in [0.717, 1.165) is 34.2 Å². The van der Waals surface area contributed by atoms with E-state index in [1.54, 1.807) is 6.07 Å². The summed E-state index contributed by atoms with van der Waals surface area (Å²) in [4.78, 5) is 16.5. The van der Waals surface area contributed by atoms with Gasteiger partial charge in [0.15, 0.2) is 0 Å². The molecule has 2 aromatic rings. The lowest BCUT2D eigenvalue weighted by Crippen LogP contribution is -2.42. The van der Waals surface area contributed by atoms with Gasteiger partial charge in [0.05, 0.1) is 12.6 Å². The quantitative estimate of drug-likeness (QED) is 0.845. The Labute approximate surface area is 159 Å². The zero-order valence-electron chi connectivity index (χ0n) is 16.0. The predicted molar refractivity (Wildman–Crippen MR) is 100 cm³/mol. The highest BCUT2D eigenvalue weighted by Crippen LogP contribution is 2.41. The molecule has 0 aliphatic heterocycles. The second-order valence-corrected chi connectivity index (χ2v) is 9.90. The Hall–Kier alpha value is -2.19. The summed E-state index contributed by atoms with van der Waals surface area (Å²) in [5, 5.41) is 2.98. The van der Waals surface area contributed by atoms with Gasteiger partial charge in [0.25, 0.3) is 0 Å². The molecule has 1 amide bonds. The normalized spacial score (nSPS) is 18.9. The van der Waals surface area contributed by atoms with Crippen LogP contribution in [0.15, 0.2) is 39.9 Å². The predicted octanol–water partition coefficient (Wildman–Crippen LogP) is 2.43. The van der Waals surface area contributed by atoms with Crippen molar-refractivity contribution in [2.24, 2.45) is 5.41 Å². The van der Waals surface area contributed by atoms with Gasteiger partial charge in [-0.05, 0) is 37.0 Å². The minimum Gasteiger partial charge on any atom is -0.466 e. The number of nitrogens with zero attached hydrogens (tertiary/aromatic N) is 2. The molecule has 1 atom stereocenters. The fourth-order valence-electron chi connectivity index (χ4n) is 3.52. The molecular weight excluding hydrogens is 366 g/mol. The van der Waals surface area contributed by atoms with Gasteiger partial charge < -0.3 is 9.73 Å². The molecule has 1 aliphatic carbocycles. The van der Waals surface area contributed by atoms with Gasteiger partial charge in [0.1, 0.15) is 16.4 Å². The Balaban J connectivity index is 1.72. The van der Waals surface area contributed by atoms with Crippen molar-refractivity contribution in [2.45, 2.75) is 44.6 Å². The van der Waals surface area contributed by atoms with E-state index in [0.29, 0.717) is 0 Å². The highest BCUT2D eigenvalue weighted by Gasteiger charge is 2.36. The molecule has 0 saturated heterocycles. The van der Waals surface area contributed by atoms with Crippen LogP contribution in [0.2, 0.25) is 0 Å². The highest BCUT2D eigenvalue weighted by molar-refractivity contribution is 7.89. The van der Waals surface area contributed by atoms with Gasteiger partial charge in [0, 0.05) is 31.4 Å². The molecule has 146 valence electrons. The molecule has 0 radical (unpaired) electrons. The number of aryl methyl sites for hydroxylation is 1. The fraction of sp³-hybridized carbons (Fsp3) is 0.474. The van der Waals surface area contributed by atoms with E-state index in [1.807, 2.05) is 13.0 Å². The number of amides is 1. The molecule has 27 heavy (non-hydrogen) atoms. The number of hydrogen-bond donors (Lipinski definition) is 1. The Bertz CT molecular complexity index is 935. The van der Waals surface area contributed by atoms with Crippen molar-refractivity contribution < 1.29 is 17.6 Å². The smallest absolute Gasteiger partial charge is 0.244 e. The van der Waals surface area contributed by atoms with Crippen LogP contribution in [-0.4, -0.2) is 37.2 Å². The molecule has 2 heterocycles. The first-order chi connectivity index (χ1) is 12.6. The minimum atomic E-state index is -3.76. The van der Waals surface area contributed by atoms with E-state index in [2.05, 4.69) is 24.1 Å².